The Kier molecular flexibility index (Phi) is 5.12. The molecular formula is C10H7BrFN3O2S. The standard InChI is InChI=1S/C10H7BrFN3O2S/c1-18-10(14-4-13)15-8-3-6(11)5(9(16)17)2-7(8)12/h2-3H,1H3,(H,14,15)(H,16,17). The van der Waals surface area contributed by atoms with Gasteiger partial charge in [-0.1, -0.05) is 11.8 Å². The Balaban J connectivity index is 3.24. The van der Waals surface area contributed by atoms with Crippen molar-refractivity contribution in [3.8, 4) is 6.19 Å². The predicted octanol–water partition coefficient (Wildman–Crippen LogP) is 2.71. The maximum Gasteiger partial charge on any atom is 0.336 e. The molecule has 18 heavy (non-hydrogen) atoms. The average molecular weight is 332 g/mol. The minimum atomic E-state index is -1.24. The van der Waals surface area contributed by atoms with E-state index in [0.29, 0.717) is 0 Å². The van der Waals surface area contributed by atoms with Gasteiger partial charge in [0.05, 0.1) is 5.56 Å². The Morgan fingerprint density at radius 3 is 2.83 bits per heavy atom. The molecule has 5 nitrogen and oxygen atoms in total. The number of nitrogens with one attached hydrogen (secondary N) is 1. The van der Waals surface area contributed by atoms with E-state index in [1.165, 1.54) is 6.07 Å². The van der Waals surface area contributed by atoms with Crippen LogP contribution >= 0.6 is 27.7 Å². The highest BCUT2D eigenvalue weighted by Crippen LogP contribution is 2.27. The molecule has 0 unspecified atom stereocenters. The molecule has 94 valence electrons. The number of carboxylic acids is 1. The van der Waals surface area contributed by atoms with Crippen LogP contribution in [0.2, 0.25) is 0 Å². The molecule has 0 atom stereocenters. The number of benzene rings is 1. The van der Waals surface area contributed by atoms with E-state index >= 15 is 0 Å². The molecule has 1 aromatic rings. The zero-order valence-electron chi connectivity index (χ0n) is 9.07. The summed E-state index contributed by atoms with van der Waals surface area (Å²) in [5.41, 5.74) is -0.246. The first-order valence-electron chi connectivity index (χ1n) is 4.49. The van der Waals surface area contributed by atoms with Crippen LogP contribution in [-0.4, -0.2) is 22.5 Å². The minimum absolute atomic E-state index is 0.0565. The van der Waals surface area contributed by atoms with E-state index in [2.05, 4.69) is 26.2 Å². The molecule has 0 aliphatic heterocycles. The van der Waals surface area contributed by atoms with Crippen molar-refractivity contribution in [2.24, 2.45) is 4.99 Å². The van der Waals surface area contributed by atoms with E-state index in [1.807, 2.05) is 0 Å². The lowest BCUT2D eigenvalue weighted by atomic mass is 10.2. The quantitative estimate of drug-likeness (QED) is 0.376. The van der Waals surface area contributed by atoms with Crippen LogP contribution in [0.15, 0.2) is 21.6 Å². The summed E-state index contributed by atoms with van der Waals surface area (Å²) in [6.07, 6.45) is 3.34. The first kappa shape index (κ1) is 14.5. The number of nitriles is 1. The fourth-order valence-electron chi connectivity index (χ4n) is 1.07. The van der Waals surface area contributed by atoms with Gasteiger partial charge in [0.2, 0.25) is 0 Å². The smallest absolute Gasteiger partial charge is 0.336 e. The molecule has 0 saturated carbocycles. The Hall–Kier alpha value is -1.59. The van der Waals surface area contributed by atoms with Crippen LogP contribution in [0.4, 0.5) is 10.1 Å². The zero-order chi connectivity index (χ0) is 13.7. The number of thioether (sulfide) groups is 1. The Morgan fingerprint density at radius 1 is 1.67 bits per heavy atom. The second-order valence-corrected chi connectivity index (χ2v) is 4.60. The second-order valence-electron chi connectivity index (χ2n) is 2.95. The third-order valence-corrected chi connectivity index (χ3v) is 3.08. The number of hydrogen-bond donors (Lipinski definition) is 2. The summed E-state index contributed by atoms with van der Waals surface area (Å²) in [6, 6.07) is 2.11. The molecule has 0 spiro atoms. The monoisotopic (exact) mass is 331 g/mol. The van der Waals surface area contributed by atoms with Gasteiger partial charge in [-0.3, -0.25) is 5.32 Å². The highest BCUT2D eigenvalue weighted by atomic mass is 79.9. The molecule has 8 heteroatoms. The molecule has 1 rings (SSSR count). The first-order valence-corrected chi connectivity index (χ1v) is 6.51. The largest absolute Gasteiger partial charge is 0.478 e. The first-order chi connectivity index (χ1) is 8.49. The summed E-state index contributed by atoms with van der Waals surface area (Å²) in [4.78, 5) is 14.6. The summed E-state index contributed by atoms with van der Waals surface area (Å²) in [6.45, 7) is 0. The van der Waals surface area contributed by atoms with Gasteiger partial charge in [0.15, 0.2) is 11.4 Å². The molecule has 0 saturated heterocycles. The molecule has 0 aliphatic carbocycles. The van der Waals surface area contributed by atoms with Crippen molar-refractivity contribution in [3.05, 3.63) is 28.0 Å². The minimum Gasteiger partial charge on any atom is -0.478 e. The fraction of sp³-hybridized carbons (Fsp3) is 0.100. The molecule has 1 aromatic carbocycles. The van der Waals surface area contributed by atoms with Crippen molar-refractivity contribution in [2.75, 3.05) is 6.26 Å². The lowest BCUT2D eigenvalue weighted by Crippen LogP contribution is -2.12. The summed E-state index contributed by atoms with van der Waals surface area (Å²) in [7, 11) is 0. The summed E-state index contributed by atoms with van der Waals surface area (Å²) in [5, 5.41) is 19.8. The molecule has 0 radical (unpaired) electrons. The lowest BCUT2D eigenvalue weighted by Gasteiger charge is -2.04. The van der Waals surface area contributed by atoms with E-state index in [1.54, 1.807) is 12.4 Å². The van der Waals surface area contributed by atoms with E-state index in [0.717, 1.165) is 17.8 Å². The summed E-state index contributed by atoms with van der Waals surface area (Å²) in [5.74, 6) is -2.02. The van der Waals surface area contributed by atoms with E-state index in [-0.39, 0.29) is 20.9 Å². The van der Waals surface area contributed by atoms with Crippen molar-refractivity contribution in [1.29, 1.82) is 5.26 Å². The van der Waals surface area contributed by atoms with Crippen LogP contribution in [0.1, 0.15) is 10.4 Å². The van der Waals surface area contributed by atoms with Gasteiger partial charge < -0.3 is 5.11 Å². The van der Waals surface area contributed by atoms with Gasteiger partial charge >= 0.3 is 5.97 Å². The number of rotatable bonds is 2. The van der Waals surface area contributed by atoms with Crippen molar-refractivity contribution >= 4 is 44.5 Å². The molecule has 0 aromatic heterocycles. The van der Waals surface area contributed by atoms with E-state index < -0.39 is 11.8 Å². The highest BCUT2D eigenvalue weighted by Gasteiger charge is 2.13. The summed E-state index contributed by atoms with van der Waals surface area (Å²) >= 11 is 4.16. The average Bonchev–Trinajstić information content (AvgIpc) is 2.32. The SMILES string of the molecule is CSC(=Nc1cc(Br)c(C(=O)O)cc1F)NC#N. The molecule has 0 aliphatic rings. The van der Waals surface area contributed by atoms with Gasteiger partial charge in [0.25, 0.3) is 0 Å². The number of halogens is 2. The van der Waals surface area contributed by atoms with Crippen molar-refractivity contribution in [2.45, 2.75) is 0 Å². The zero-order valence-corrected chi connectivity index (χ0v) is 11.5. The maximum absolute atomic E-state index is 13.6. The lowest BCUT2D eigenvalue weighted by molar-refractivity contribution is 0.0695. The molecular weight excluding hydrogens is 325 g/mol. The van der Waals surface area contributed by atoms with E-state index in [9.17, 15) is 9.18 Å². The van der Waals surface area contributed by atoms with Crippen LogP contribution in [-0.2, 0) is 0 Å². The molecule has 0 bridgehead atoms. The maximum atomic E-state index is 13.6. The van der Waals surface area contributed by atoms with Gasteiger partial charge in [0, 0.05) is 4.47 Å². The number of aromatic carboxylic acids is 1. The van der Waals surface area contributed by atoms with Gasteiger partial charge in [-0.15, -0.1) is 0 Å². The van der Waals surface area contributed by atoms with Crippen LogP contribution in [0, 0.1) is 17.3 Å². The Labute approximate surface area is 115 Å². The predicted molar refractivity (Wildman–Crippen MR) is 70.4 cm³/mol. The number of carbonyl (C=O) groups is 1. The Bertz CT molecular complexity index is 557. The van der Waals surface area contributed by atoms with Crippen molar-refractivity contribution in [3.63, 3.8) is 0 Å². The number of hydrogen-bond acceptors (Lipinski definition) is 4. The van der Waals surface area contributed by atoms with Crippen LogP contribution in [0.25, 0.3) is 0 Å². The topological polar surface area (TPSA) is 85.5 Å². The molecule has 0 heterocycles. The number of carboxylic acid groups (broad SMARTS) is 1. The van der Waals surface area contributed by atoms with E-state index in [4.69, 9.17) is 10.4 Å². The summed E-state index contributed by atoms with van der Waals surface area (Å²) < 4.78 is 13.8. The van der Waals surface area contributed by atoms with Crippen LogP contribution < -0.4 is 5.32 Å². The van der Waals surface area contributed by atoms with Crippen molar-refractivity contribution < 1.29 is 14.3 Å². The molecule has 0 amide bonds. The molecule has 2 N–H and O–H groups in total. The third kappa shape index (κ3) is 3.45. The second kappa shape index (κ2) is 6.37. The highest BCUT2D eigenvalue weighted by molar-refractivity contribution is 9.10. The number of nitrogens with zero attached hydrogens (tertiary/aromatic N) is 2. The fourth-order valence-corrected chi connectivity index (χ4v) is 1.91. The van der Waals surface area contributed by atoms with Gasteiger partial charge in [0.1, 0.15) is 11.5 Å². The normalized spacial score (nSPS) is 10.9. The number of aliphatic imine (C=N–C) groups is 1. The van der Waals surface area contributed by atoms with Gasteiger partial charge in [-0.05, 0) is 34.3 Å². The van der Waals surface area contributed by atoms with Crippen molar-refractivity contribution in [1.82, 2.24) is 5.32 Å². The van der Waals surface area contributed by atoms with Crippen LogP contribution in [0.5, 0.6) is 0 Å². The van der Waals surface area contributed by atoms with Gasteiger partial charge in [-0.25, -0.2) is 14.2 Å². The van der Waals surface area contributed by atoms with Gasteiger partial charge in [-0.2, -0.15) is 5.26 Å². The third-order valence-electron chi connectivity index (χ3n) is 1.85. The number of amidine groups is 1. The molecule has 0 fully saturated rings. The Morgan fingerprint density at radius 2 is 2.33 bits per heavy atom. The van der Waals surface area contributed by atoms with Crippen LogP contribution in [0.3, 0.4) is 0 Å².